The Morgan fingerprint density at radius 2 is 2.20 bits per heavy atom. The van der Waals surface area contributed by atoms with Crippen molar-refractivity contribution in [3.05, 3.63) is 64.2 Å². The van der Waals surface area contributed by atoms with Crippen LogP contribution in [0.15, 0.2) is 41.5 Å². The SMILES string of the molecule is N#CC[C@]12C[C@H]1[C@@](CF)(c1cc(CC(=O)c3ccc(Cl)cn3)ccc1F)N=C(N)S2. The second-order valence-electron chi connectivity index (χ2n) is 7.54. The van der Waals surface area contributed by atoms with E-state index in [0.29, 0.717) is 17.0 Å². The van der Waals surface area contributed by atoms with Gasteiger partial charge >= 0.3 is 0 Å². The van der Waals surface area contributed by atoms with Crippen molar-refractivity contribution in [2.75, 3.05) is 6.67 Å². The molecule has 1 aliphatic carbocycles. The molecule has 1 saturated carbocycles. The maximum atomic E-state index is 14.9. The van der Waals surface area contributed by atoms with E-state index in [1.807, 2.05) is 0 Å². The molecular weight excluding hydrogens is 430 g/mol. The van der Waals surface area contributed by atoms with Crippen LogP contribution in [0, 0.1) is 23.1 Å². The number of amidine groups is 1. The summed E-state index contributed by atoms with van der Waals surface area (Å²) in [5.41, 5.74) is 5.27. The Kier molecular flexibility index (Phi) is 5.28. The van der Waals surface area contributed by atoms with Gasteiger partial charge in [0.2, 0.25) is 0 Å². The number of nitrogens with zero attached hydrogens (tertiary/aromatic N) is 3. The molecule has 3 atom stereocenters. The molecular formula is C21H17ClF2N4OS. The number of thioether (sulfide) groups is 1. The van der Waals surface area contributed by atoms with Crippen molar-refractivity contribution in [2.24, 2.45) is 16.6 Å². The molecule has 1 aromatic carbocycles. The Morgan fingerprint density at radius 1 is 1.40 bits per heavy atom. The van der Waals surface area contributed by atoms with Gasteiger partial charge in [0.1, 0.15) is 23.7 Å². The monoisotopic (exact) mass is 446 g/mol. The molecule has 30 heavy (non-hydrogen) atoms. The van der Waals surface area contributed by atoms with Crippen molar-refractivity contribution < 1.29 is 13.6 Å². The molecule has 2 heterocycles. The maximum absolute atomic E-state index is 14.9. The van der Waals surface area contributed by atoms with Crippen LogP contribution < -0.4 is 5.73 Å². The van der Waals surface area contributed by atoms with E-state index in [-0.39, 0.29) is 41.0 Å². The molecule has 1 fully saturated rings. The molecule has 1 aliphatic heterocycles. The van der Waals surface area contributed by atoms with Gasteiger partial charge in [-0.2, -0.15) is 5.26 Å². The Balaban J connectivity index is 1.69. The lowest BCUT2D eigenvalue weighted by Gasteiger charge is -2.34. The Labute approximate surface area is 181 Å². The third kappa shape index (κ3) is 3.46. The number of Topliss-reactive ketones (excluding diaryl/α,β-unsaturated/α-hetero) is 1. The zero-order valence-corrected chi connectivity index (χ0v) is 17.3. The van der Waals surface area contributed by atoms with Gasteiger partial charge in [-0.1, -0.05) is 29.4 Å². The lowest BCUT2D eigenvalue weighted by molar-refractivity contribution is 0.0988. The number of benzene rings is 1. The first kappa shape index (κ1) is 20.8. The average molecular weight is 447 g/mol. The molecule has 2 aliphatic rings. The third-order valence-corrected chi connectivity index (χ3v) is 7.20. The summed E-state index contributed by atoms with van der Waals surface area (Å²) >= 11 is 7.06. The first-order chi connectivity index (χ1) is 14.3. The van der Waals surface area contributed by atoms with E-state index < -0.39 is 22.8 Å². The molecule has 1 aromatic heterocycles. The second-order valence-corrected chi connectivity index (χ2v) is 9.41. The number of carbonyl (C=O) groups excluding carboxylic acids is 1. The van der Waals surface area contributed by atoms with Crippen LogP contribution in [0.3, 0.4) is 0 Å². The molecule has 0 saturated heterocycles. The van der Waals surface area contributed by atoms with Gasteiger partial charge in [0, 0.05) is 28.8 Å². The number of pyridine rings is 1. The molecule has 2 aromatic rings. The zero-order chi connectivity index (χ0) is 21.5. The number of fused-ring (bicyclic) bond motifs is 1. The lowest BCUT2D eigenvalue weighted by atomic mass is 9.83. The minimum absolute atomic E-state index is 0.0355. The minimum Gasteiger partial charge on any atom is -0.378 e. The molecule has 9 heteroatoms. The van der Waals surface area contributed by atoms with Crippen LogP contribution in [0.5, 0.6) is 0 Å². The summed E-state index contributed by atoms with van der Waals surface area (Å²) in [6, 6.07) is 9.38. The Bertz CT molecular complexity index is 1090. The first-order valence-corrected chi connectivity index (χ1v) is 10.4. The smallest absolute Gasteiger partial charge is 0.185 e. The molecule has 0 unspecified atom stereocenters. The Hall–Kier alpha value is -2.50. The number of nitriles is 1. The van der Waals surface area contributed by atoms with E-state index in [2.05, 4.69) is 16.0 Å². The van der Waals surface area contributed by atoms with Crippen LogP contribution >= 0.6 is 23.4 Å². The van der Waals surface area contributed by atoms with Gasteiger partial charge < -0.3 is 5.73 Å². The standard InChI is InChI=1S/C21H17ClF2N4OS/c22-13-2-4-16(27-10-13)17(29)8-12-1-3-15(24)14(7-12)21(11-23)18-9-20(18,5-6-25)30-19(26)28-21/h1-4,7,10,18H,5,8-9,11H2,(H2,26,28)/t18-,20+,21-/m1/s1. The van der Waals surface area contributed by atoms with Gasteiger partial charge in [-0.15, -0.1) is 0 Å². The van der Waals surface area contributed by atoms with Crippen LogP contribution in [0.25, 0.3) is 0 Å². The van der Waals surface area contributed by atoms with Gasteiger partial charge in [0.05, 0.1) is 17.5 Å². The van der Waals surface area contributed by atoms with Crippen molar-refractivity contribution in [3.63, 3.8) is 0 Å². The predicted octanol–water partition coefficient (Wildman–Crippen LogP) is 4.20. The third-order valence-electron chi connectivity index (χ3n) is 5.68. The fourth-order valence-corrected chi connectivity index (χ4v) is 5.61. The van der Waals surface area contributed by atoms with Crippen LogP contribution in [0.4, 0.5) is 8.78 Å². The van der Waals surface area contributed by atoms with E-state index in [0.717, 1.165) is 0 Å². The highest BCUT2D eigenvalue weighted by atomic mass is 35.5. The van der Waals surface area contributed by atoms with E-state index in [4.69, 9.17) is 22.6 Å². The quantitative estimate of drug-likeness (QED) is 0.671. The lowest BCUT2D eigenvalue weighted by Crippen LogP contribution is -2.40. The number of hydrogen-bond donors (Lipinski definition) is 1. The highest BCUT2D eigenvalue weighted by molar-refractivity contribution is 8.15. The van der Waals surface area contributed by atoms with Crippen LogP contribution in [0.1, 0.15) is 34.5 Å². The summed E-state index contributed by atoms with van der Waals surface area (Å²) in [6.07, 6.45) is 2.05. The van der Waals surface area contributed by atoms with Crippen molar-refractivity contribution in [1.82, 2.24) is 4.98 Å². The highest BCUT2D eigenvalue weighted by Crippen LogP contribution is 2.67. The summed E-state index contributed by atoms with van der Waals surface area (Å²) < 4.78 is 28.8. The van der Waals surface area contributed by atoms with Crippen molar-refractivity contribution >= 4 is 34.3 Å². The van der Waals surface area contributed by atoms with Gasteiger partial charge in [-0.3, -0.25) is 9.78 Å². The summed E-state index contributed by atoms with van der Waals surface area (Å²) in [7, 11) is 0. The van der Waals surface area contributed by atoms with E-state index in [1.54, 1.807) is 6.07 Å². The van der Waals surface area contributed by atoms with Gasteiger partial charge in [-0.05, 0) is 36.2 Å². The first-order valence-electron chi connectivity index (χ1n) is 9.24. The largest absolute Gasteiger partial charge is 0.378 e. The van der Waals surface area contributed by atoms with Gasteiger partial charge in [0.15, 0.2) is 11.0 Å². The normalized spacial score (nSPS) is 27.0. The molecule has 0 bridgehead atoms. The van der Waals surface area contributed by atoms with Gasteiger partial charge in [0.25, 0.3) is 0 Å². The van der Waals surface area contributed by atoms with Crippen LogP contribution in [0.2, 0.25) is 5.02 Å². The molecule has 0 radical (unpaired) electrons. The number of aromatic nitrogens is 1. The number of carbonyl (C=O) groups is 1. The fourth-order valence-electron chi connectivity index (χ4n) is 4.15. The maximum Gasteiger partial charge on any atom is 0.185 e. The second kappa shape index (κ2) is 7.64. The summed E-state index contributed by atoms with van der Waals surface area (Å²) in [6.45, 7) is -0.945. The molecule has 2 N–H and O–H groups in total. The summed E-state index contributed by atoms with van der Waals surface area (Å²) in [5, 5.41) is 9.72. The van der Waals surface area contributed by atoms with E-state index in [9.17, 15) is 13.6 Å². The van der Waals surface area contributed by atoms with Crippen molar-refractivity contribution in [1.29, 1.82) is 5.26 Å². The zero-order valence-electron chi connectivity index (χ0n) is 15.7. The number of aliphatic imine (C=N–C) groups is 1. The van der Waals surface area contributed by atoms with Crippen LogP contribution in [-0.4, -0.2) is 27.4 Å². The van der Waals surface area contributed by atoms with E-state index in [1.165, 1.54) is 42.2 Å². The molecule has 154 valence electrons. The molecule has 5 nitrogen and oxygen atoms in total. The topological polar surface area (TPSA) is 92.1 Å². The number of hydrogen-bond acceptors (Lipinski definition) is 6. The number of halogens is 3. The summed E-state index contributed by atoms with van der Waals surface area (Å²) in [5.74, 6) is -1.23. The van der Waals surface area contributed by atoms with Crippen molar-refractivity contribution in [2.45, 2.75) is 29.5 Å². The minimum atomic E-state index is -1.49. The van der Waals surface area contributed by atoms with E-state index >= 15 is 0 Å². The summed E-state index contributed by atoms with van der Waals surface area (Å²) in [4.78, 5) is 20.9. The number of alkyl halides is 1. The number of rotatable bonds is 6. The predicted molar refractivity (Wildman–Crippen MR) is 112 cm³/mol. The van der Waals surface area contributed by atoms with Crippen molar-refractivity contribution in [3.8, 4) is 6.07 Å². The molecule has 0 spiro atoms. The highest BCUT2D eigenvalue weighted by Gasteiger charge is 2.68. The number of nitrogens with two attached hydrogens (primary N) is 1. The number of ketones is 1. The molecule has 4 rings (SSSR count). The average Bonchev–Trinajstić information content (AvgIpc) is 3.43. The van der Waals surface area contributed by atoms with Gasteiger partial charge in [-0.25, -0.2) is 13.8 Å². The fraction of sp³-hybridized carbons (Fsp3) is 0.333. The van der Waals surface area contributed by atoms with Crippen LogP contribution in [-0.2, 0) is 12.0 Å². The molecule has 0 amide bonds. The Morgan fingerprint density at radius 3 is 2.87 bits per heavy atom.